The third kappa shape index (κ3) is 3.74. The van der Waals surface area contributed by atoms with Crippen molar-refractivity contribution in [2.75, 3.05) is 10.2 Å². The van der Waals surface area contributed by atoms with E-state index in [0.717, 1.165) is 11.4 Å². The molecule has 1 aliphatic heterocycles. The van der Waals surface area contributed by atoms with Gasteiger partial charge in [-0.15, -0.1) is 0 Å². The SMILES string of the molecule is c1ccc(N2c3ccccc3NC2c2c3ccccc3c(-c3cccc4c3-c3ccccc3C43c4ccccc4-c4ccccc43)c3ccccc23)cc1. The van der Waals surface area contributed by atoms with Gasteiger partial charge in [0.15, 0.2) is 0 Å². The number of benzene rings is 9. The quantitative estimate of drug-likeness (QED) is 0.186. The molecule has 0 saturated heterocycles. The van der Waals surface area contributed by atoms with Gasteiger partial charge in [0, 0.05) is 11.3 Å². The zero-order valence-electron chi connectivity index (χ0n) is 29.5. The van der Waals surface area contributed by atoms with Gasteiger partial charge in [0.05, 0.1) is 16.8 Å². The van der Waals surface area contributed by atoms with E-state index in [0.29, 0.717) is 0 Å². The van der Waals surface area contributed by atoms with Crippen LogP contribution in [0.1, 0.15) is 34.0 Å². The zero-order chi connectivity index (χ0) is 35.4. The molecule has 0 saturated carbocycles. The average Bonchev–Trinajstić information content (AvgIpc) is 3.87. The normalized spacial score (nSPS) is 15.5. The van der Waals surface area contributed by atoms with Gasteiger partial charge in [-0.2, -0.15) is 0 Å². The van der Waals surface area contributed by atoms with E-state index in [-0.39, 0.29) is 6.17 Å². The van der Waals surface area contributed by atoms with Crippen LogP contribution in [-0.4, -0.2) is 0 Å². The molecule has 0 bridgehead atoms. The van der Waals surface area contributed by atoms with Gasteiger partial charge in [-0.3, -0.25) is 0 Å². The highest BCUT2D eigenvalue weighted by Gasteiger charge is 2.52. The van der Waals surface area contributed by atoms with E-state index in [1.54, 1.807) is 0 Å². The zero-order valence-corrected chi connectivity index (χ0v) is 29.5. The molecule has 2 aliphatic carbocycles. The average molecular weight is 687 g/mol. The van der Waals surface area contributed by atoms with Gasteiger partial charge in [-0.05, 0) is 101 Å². The Kier molecular flexibility index (Phi) is 6.07. The van der Waals surface area contributed by atoms with E-state index in [2.05, 4.69) is 204 Å². The van der Waals surface area contributed by atoms with Crippen LogP contribution in [0.25, 0.3) is 54.9 Å². The smallest absolute Gasteiger partial charge is 0.131 e. The summed E-state index contributed by atoms with van der Waals surface area (Å²) in [5.41, 5.74) is 17.7. The maximum absolute atomic E-state index is 3.98. The summed E-state index contributed by atoms with van der Waals surface area (Å²) in [6, 6.07) is 72.0. The van der Waals surface area contributed by atoms with Gasteiger partial charge in [0.1, 0.15) is 6.17 Å². The summed E-state index contributed by atoms with van der Waals surface area (Å²) in [5.74, 6) is 0. The molecule has 0 radical (unpaired) electrons. The Balaban J connectivity index is 1.17. The first-order chi connectivity index (χ1) is 26.8. The number of para-hydroxylation sites is 3. The molecule has 9 aromatic carbocycles. The lowest BCUT2D eigenvalue weighted by molar-refractivity contribution is 0.794. The lowest BCUT2D eigenvalue weighted by atomic mass is 9.70. The third-order valence-corrected chi connectivity index (χ3v) is 12.3. The van der Waals surface area contributed by atoms with Crippen LogP contribution in [0.2, 0.25) is 0 Å². The van der Waals surface area contributed by atoms with Crippen LogP contribution < -0.4 is 10.2 Å². The van der Waals surface area contributed by atoms with Crippen LogP contribution in [0.4, 0.5) is 17.1 Å². The summed E-state index contributed by atoms with van der Waals surface area (Å²) in [7, 11) is 0. The van der Waals surface area contributed by atoms with Crippen molar-refractivity contribution in [3.05, 3.63) is 222 Å². The van der Waals surface area contributed by atoms with Gasteiger partial charge in [0.25, 0.3) is 0 Å². The maximum Gasteiger partial charge on any atom is 0.131 e. The Bertz CT molecular complexity index is 2890. The van der Waals surface area contributed by atoms with Crippen LogP contribution in [0.5, 0.6) is 0 Å². The summed E-state index contributed by atoms with van der Waals surface area (Å²) < 4.78 is 0. The van der Waals surface area contributed by atoms with Crippen molar-refractivity contribution in [1.82, 2.24) is 0 Å². The molecular formula is C52H34N2. The number of hydrogen-bond acceptors (Lipinski definition) is 2. The highest BCUT2D eigenvalue weighted by molar-refractivity contribution is 6.18. The summed E-state index contributed by atoms with van der Waals surface area (Å²) >= 11 is 0. The Hall–Kier alpha value is -6.90. The van der Waals surface area contributed by atoms with Crippen molar-refractivity contribution in [1.29, 1.82) is 0 Å². The monoisotopic (exact) mass is 686 g/mol. The van der Waals surface area contributed by atoms with Crippen molar-refractivity contribution in [2.24, 2.45) is 0 Å². The molecule has 3 aliphatic rings. The number of anilines is 3. The van der Waals surface area contributed by atoms with Gasteiger partial charge >= 0.3 is 0 Å². The number of nitrogens with one attached hydrogen (secondary N) is 1. The minimum atomic E-state index is -0.392. The Morgan fingerprint density at radius 2 is 0.852 bits per heavy atom. The fourth-order valence-corrected chi connectivity index (χ4v) is 10.3. The largest absolute Gasteiger partial charge is 0.359 e. The lowest BCUT2D eigenvalue weighted by Crippen LogP contribution is -2.25. The molecule has 54 heavy (non-hydrogen) atoms. The molecule has 2 nitrogen and oxygen atoms in total. The molecule has 9 aromatic rings. The van der Waals surface area contributed by atoms with E-state index < -0.39 is 5.41 Å². The second-order valence-electron chi connectivity index (χ2n) is 14.8. The molecule has 1 heterocycles. The second-order valence-corrected chi connectivity index (χ2v) is 14.8. The summed E-state index contributed by atoms with van der Waals surface area (Å²) in [4.78, 5) is 2.47. The topological polar surface area (TPSA) is 15.3 Å². The molecule has 0 amide bonds. The fourth-order valence-electron chi connectivity index (χ4n) is 10.3. The minimum absolute atomic E-state index is 0.106. The van der Waals surface area contributed by atoms with Gasteiger partial charge in [0.2, 0.25) is 0 Å². The van der Waals surface area contributed by atoms with Gasteiger partial charge in [-0.1, -0.05) is 170 Å². The first kappa shape index (κ1) is 29.7. The van der Waals surface area contributed by atoms with Crippen molar-refractivity contribution in [3.63, 3.8) is 0 Å². The highest BCUT2D eigenvalue weighted by atomic mass is 15.3. The molecule has 1 unspecified atom stereocenters. The molecule has 0 fully saturated rings. The van der Waals surface area contributed by atoms with Crippen molar-refractivity contribution in [2.45, 2.75) is 11.6 Å². The van der Waals surface area contributed by atoms with Crippen LogP contribution >= 0.6 is 0 Å². The molecule has 1 atom stereocenters. The number of rotatable bonds is 3. The van der Waals surface area contributed by atoms with Crippen molar-refractivity contribution >= 4 is 38.6 Å². The van der Waals surface area contributed by atoms with E-state index in [1.165, 1.54) is 88.4 Å². The standard InChI is InChI=1S/C52H34N2/c1-2-17-33(18-3-1)54-47-32-15-14-31-46(47)53-51(54)50-38-23-6-4-21-36(38)48(37-22-5-7-24-39(37)50)41-26-16-30-45-49(41)40-25-10-13-29-44(40)52(45)42-27-11-8-19-34(42)35-20-9-12-28-43(35)52/h1-32,51,53H. The van der Waals surface area contributed by atoms with Crippen molar-refractivity contribution < 1.29 is 0 Å². The Morgan fingerprint density at radius 3 is 1.52 bits per heavy atom. The number of nitrogens with zero attached hydrogens (tertiary/aromatic N) is 1. The van der Waals surface area contributed by atoms with E-state index in [1.807, 2.05) is 0 Å². The van der Waals surface area contributed by atoms with Crippen LogP contribution in [0.15, 0.2) is 194 Å². The molecule has 0 aromatic heterocycles. The molecule has 1 spiro atoms. The highest BCUT2D eigenvalue weighted by Crippen LogP contribution is 2.64. The minimum Gasteiger partial charge on any atom is -0.359 e. The van der Waals surface area contributed by atoms with Gasteiger partial charge < -0.3 is 10.2 Å². The second kappa shape index (κ2) is 11.1. The molecule has 12 rings (SSSR count). The fraction of sp³-hybridized carbons (Fsp3) is 0.0385. The summed E-state index contributed by atoms with van der Waals surface area (Å²) in [6.45, 7) is 0. The Labute approximate surface area is 314 Å². The van der Waals surface area contributed by atoms with Crippen LogP contribution in [0.3, 0.4) is 0 Å². The predicted molar refractivity (Wildman–Crippen MR) is 225 cm³/mol. The molecule has 2 heteroatoms. The molecule has 1 N–H and O–H groups in total. The number of hydrogen-bond donors (Lipinski definition) is 1. The summed E-state index contributed by atoms with van der Waals surface area (Å²) in [5, 5.41) is 9.01. The van der Waals surface area contributed by atoms with E-state index >= 15 is 0 Å². The van der Waals surface area contributed by atoms with E-state index in [4.69, 9.17) is 0 Å². The Morgan fingerprint density at radius 1 is 0.370 bits per heavy atom. The lowest BCUT2D eigenvalue weighted by Gasteiger charge is -2.31. The maximum atomic E-state index is 3.98. The number of fused-ring (bicyclic) bond motifs is 13. The van der Waals surface area contributed by atoms with Gasteiger partial charge in [-0.25, -0.2) is 0 Å². The van der Waals surface area contributed by atoms with Crippen LogP contribution in [-0.2, 0) is 5.41 Å². The predicted octanol–water partition coefficient (Wildman–Crippen LogP) is 13.3. The first-order valence-corrected chi connectivity index (χ1v) is 18.9. The van der Waals surface area contributed by atoms with Crippen molar-refractivity contribution in [3.8, 4) is 33.4 Å². The summed E-state index contributed by atoms with van der Waals surface area (Å²) in [6.07, 6.45) is -0.106. The molecular weight excluding hydrogens is 653 g/mol. The van der Waals surface area contributed by atoms with E-state index in [9.17, 15) is 0 Å². The van der Waals surface area contributed by atoms with Crippen LogP contribution in [0, 0.1) is 0 Å². The third-order valence-electron chi connectivity index (χ3n) is 12.3. The molecule has 252 valence electrons. The first-order valence-electron chi connectivity index (χ1n) is 18.9.